The zero-order valence-corrected chi connectivity index (χ0v) is 22.7. The number of aromatic carboxylic acids is 1. The second-order valence-electron chi connectivity index (χ2n) is 8.74. The average Bonchev–Trinajstić information content (AvgIpc) is 3.29. The van der Waals surface area contributed by atoms with Crippen LogP contribution in [0.2, 0.25) is 0 Å². The summed E-state index contributed by atoms with van der Waals surface area (Å²) in [6.07, 6.45) is 4.29. The Morgan fingerprint density at radius 1 is 1.03 bits per heavy atom. The first-order valence-corrected chi connectivity index (χ1v) is 14.0. The van der Waals surface area contributed by atoms with Crippen molar-refractivity contribution in [2.24, 2.45) is 0 Å². The Morgan fingerprint density at radius 3 is 2.47 bits per heavy atom. The fourth-order valence-corrected chi connectivity index (χ4v) is 6.66. The number of carboxylic acid groups (broad SMARTS) is 1. The van der Waals surface area contributed by atoms with Crippen molar-refractivity contribution in [1.29, 1.82) is 0 Å². The van der Waals surface area contributed by atoms with E-state index in [2.05, 4.69) is 10.6 Å². The number of esters is 1. The van der Waals surface area contributed by atoms with Gasteiger partial charge in [-0.05, 0) is 68.0 Å². The standard InChI is InChI=1S/C28H28N2O6S2/c1-3-21(25(32)30-26-23(28(35)36-2)20-13-6-7-14-22(20)38-26)37-17-10-8-9-16(15-17)29-24(31)18-11-4-5-12-19(18)27(33)34/h4-5,8-12,15,21H,3,6-7,13-14H2,1-2H3,(H,29,31)(H,30,32)(H,33,34). The highest BCUT2D eigenvalue weighted by atomic mass is 32.2. The van der Waals surface area contributed by atoms with Crippen LogP contribution in [-0.2, 0) is 22.4 Å². The molecule has 0 bridgehead atoms. The van der Waals surface area contributed by atoms with Gasteiger partial charge in [0.25, 0.3) is 5.91 Å². The molecule has 198 valence electrons. The number of amides is 2. The maximum absolute atomic E-state index is 13.3. The molecule has 1 heterocycles. The predicted molar refractivity (Wildman–Crippen MR) is 149 cm³/mol. The molecular weight excluding hydrogens is 524 g/mol. The van der Waals surface area contributed by atoms with Gasteiger partial charge in [-0.25, -0.2) is 9.59 Å². The van der Waals surface area contributed by atoms with Crippen molar-refractivity contribution in [2.45, 2.75) is 49.2 Å². The molecule has 8 nitrogen and oxygen atoms in total. The highest BCUT2D eigenvalue weighted by Gasteiger charge is 2.28. The quantitative estimate of drug-likeness (QED) is 0.224. The molecule has 38 heavy (non-hydrogen) atoms. The number of fused-ring (bicyclic) bond motifs is 1. The molecule has 0 aliphatic heterocycles. The molecule has 2 amide bonds. The Morgan fingerprint density at radius 2 is 1.76 bits per heavy atom. The van der Waals surface area contributed by atoms with Gasteiger partial charge in [0.1, 0.15) is 5.00 Å². The third kappa shape index (κ3) is 6.08. The van der Waals surface area contributed by atoms with Crippen molar-refractivity contribution >= 4 is 57.5 Å². The number of carboxylic acids is 1. The van der Waals surface area contributed by atoms with Crippen molar-refractivity contribution < 1.29 is 29.0 Å². The van der Waals surface area contributed by atoms with E-state index in [-0.39, 0.29) is 17.0 Å². The van der Waals surface area contributed by atoms with Gasteiger partial charge in [-0.15, -0.1) is 23.1 Å². The van der Waals surface area contributed by atoms with Crippen molar-refractivity contribution in [3.05, 3.63) is 75.7 Å². The van der Waals surface area contributed by atoms with Crippen LogP contribution in [0.25, 0.3) is 0 Å². The number of methoxy groups -OCH3 is 1. The molecule has 3 aromatic rings. The first-order chi connectivity index (χ1) is 18.3. The van der Waals surface area contributed by atoms with E-state index < -0.39 is 23.1 Å². The number of anilines is 2. The van der Waals surface area contributed by atoms with Gasteiger partial charge in [0.15, 0.2) is 0 Å². The summed E-state index contributed by atoms with van der Waals surface area (Å²) in [5, 5.41) is 15.2. The average molecular weight is 553 g/mol. The minimum atomic E-state index is -1.18. The molecule has 1 aliphatic carbocycles. The van der Waals surface area contributed by atoms with E-state index in [0.29, 0.717) is 22.7 Å². The topological polar surface area (TPSA) is 122 Å². The molecule has 1 atom stereocenters. The Balaban J connectivity index is 1.48. The van der Waals surface area contributed by atoms with E-state index in [1.54, 1.807) is 30.3 Å². The molecule has 10 heteroatoms. The first kappa shape index (κ1) is 27.4. The number of aryl methyl sites for hydroxylation is 1. The SMILES string of the molecule is CCC(Sc1cccc(NC(=O)c2ccccc2C(=O)O)c1)C(=O)Nc1sc2c(c1C(=O)OC)CCCC2. The lowest BCUT2D eigenvalue weighted by Crippen LogP contribution is -2.25. The normalized spacial score (nSPS) is 13.2. The molecule has 4 rings (SSSR count). The summed E-state index contributed by atoms with van der Waals surface area (Å²) < 4.78 is 5.01. The smallest absolute Gasteiger partial charge is 0.341 e. The number of thioether (sulfide) groups is 1. The zero-order chi connectivity index (χ0) is 27.2. The van der Waals surface area contributed by atoms with Crippen molar-refractivity contribution in [1.82, 2.24) is 0 Å². The van der Waals surface area contributed by atoms with Crippen LogP contribution in [0.4, 0.5) is 10.7 Å². The zero-order valence-electron chi connectivity index (χ0n) is 21.0. The van der Waals surface area contributed by atoms with E-state index in [4.69, 9.17) is 4.74 Å². The number of hydrogen-bond acceptors (Lipinski definition) is 7. The van der Waals surface area contributed by atoms with Gasteiger partial charge in [0.2, 0.25) is 5.91 Å². The molecule has 1 unspecified atom stereocenters. The maximum Gasteiger partial charge on any atom is 0.341 e. The highest BCUT2D eigenvalue weighted by Crippen LogP contribution is 2.39. The second-order valence-corrected chi connectivity index (χ2v) is 11.1. The van der Waals surface area contributed by atoms with Crippen LogP contribution in [0, 0.1) is 0 Å². The number of hydrogen-bond donors (Lipinski definition) is 3. The minimum Gasteiger partial charge on any atom is -0.478 e. The summed E-state index contributed by atoms with van der Waals surface area (Å²) in [6.45, 7) is 1.91. The van der Waals surface area contributed by atoms with Gasteiger partial charge in [-0.1, -0.05) is 25.1 Å². The maximum atomic E-state index is 13.3. The first-order valence-electron chi connectivity index (χ1n) is 12.3. The molecule has 0 spiro atoms. The molecule has 0 radical (unpaired) electrons. The molecule has 2 aromatic carbocycles. The number of carbonyl (C=O) groups is 4. The molecule has 0 saturated heterocycles. The van der Waals surface area contributed by atoms with Gasteiger partial charge in [-0.2, -0.15) is 0 Å². The van der Waals surface area contributed by atoms with Gasteiger partial charge in [-0.3, -0.25) is 9.59 Å². The number of benzene rings is 2. The van der Waals surface area contributed by atoms with E-state index in [9.17, 15) is 24.3 Å². The fraction of sp³-hybridized carbons (Fsp3) is 0.286. The highest BCUT2D eigenvalue weighted by molar-refractivity contribution is 8.00. The number of nitrogens with one attached hydrogen (secondary N) is 2. The predicted octanol–water partition coefficient (Wildman–Crippen LogP) is 5.87. The summed E-state index contributed by atoms with van der Waals surface area (Å²) in [6, 6.07) is 13.0. The molecule has 0 fully saturated rings. The van der Waals surface area contributed by atoms with Gasteiger partial charge < -0.3 is 20.5 Å². The largest absolute Gasteiger partial charge is 0.478 e. The summed E-state index contributed by atoms with van der Waals surface area (Å²) in [5.41, 5.74) is 1.90. The van der Waals surface area contributed by atoms with Crippen LogP contribution < -0.4 is 10.6 Å². The summed E-state index contributed by atoms with van der Waals surface area (Å²) in [7, 11) is 1.34. The van der Waals surface area contributed by atoms with Crippen LogP contribution in [0.1, 0.15) is 67.7 Å². The summed E-state index contributed by atoms with van der Waals surface area (Å²) in [4.78, 5) is 51.9. The number of carbonyl (C=O) groups excluding carboxylic acids is 3. The molecule has 0 saturated carbocycles. The van der Waals surface area contributed by atoms with E-state index in [0.717, 1.165) is 41.0 Å². The number of ether oxygens (including phenoxy) is 1. The van der Waals surface area contributed by atoms with Crippen LogP contribution >= 0.6 is 23.1 Å². The summed E-state index contributed by atoms with van der Waals surface area (Å²) in [5.74, 6) is -2.37. The lowest BCUT2D eigenvalue weighted by molar-refractivity contribution is -0.115. The monoisotopic (exact) mass is 552 g/mol. The van der Waals surface area contributed by atoms with Crippen LogP contribution in [0.15, 0.2) is 53.4 Å². The van der Waals surface area contributed by atoms with Crippen LogP contribution in [0.5, 0.6) is 0 Å². The molecule has 3 N–H and O–H groups in total. The Bertz CT molecular complexity index is 1380. The lowest BCUT2D eigenvalue weighted by atomic mass is 9.95. The van der Waals surface area contributed by atoms with Crippen molar-refractivity contribution in [2.75, 3.05) is 17.7 Å². The summed E-state index contributed by atoms with van der Waals surface area (Å²) >= 11 is 2.79. The molecule has 1 aliphatic rings. The van der Waals surface area contributed by atoms with Crippen molar-refractivity contribution in [3.63, 3.8) is 0 Å². The van der Waals surface area contributed by atoms with E-state index >= 15 is 0 Å². The van der Waals surface area contributed by atoms with Gasteiger partial charge >= 0.3 is 11.9 Å². The fourth-order valence-electron chi connectivity index (χ4n) is 4.36. The third-order valence-electron chi connectivity index (χ3n) is 6.23. The van der Waals surface area contributed by atoms with Gasteiger partial charge in [0.05, 0.1) is 29.1 Å². The minimum absolute atomic E-state index is 0.0592. The van der Waals surface area contributed by atoms with Crippen LogP contribution in [0.3, 0.4) is 0 Å². The van der Waals surface area contributed by atoms with Gasteiger partial charge in [0, 0.05) is 15.5 Å². The molecular formula is C28H28N2O6S2. The van der Waals surface area contributed by atoms with E-state index in [1.165, 1.54) is 42.3 Å². The van der Waals surface area contributed by atoms with E-state index in [1.807, 2.05) is 13.0 Å². The van der Waals surface area contributed by atoms with Crippen molar-refractivity contribution in [3.8, 4) is 0 Å². The Labute approximate surface area is 228 Å². The Hall–Kier alpha value is -3.63. The molecule has 1 aromatic heterocycles. The Kier molecular flexibility index (Phi) is 8.85. The number of rotatable bonds is 9. The third-order valence-corrected chi connectivity index (χ3v) is 8.80. The second kappa shape index (κ2) is 12.3. The lowest BCUT2D eigenvalue weighted by Gasteiger charge is -2.16. The van der Waals surface area contributed by atoms with Crippen LogP contribution in [-0.4, -0.2) is 41.2 Å². The number of thiophene rings is 1.